The molecule has 186 valence electrons. The molecule has 2 N–H and O–H groups in total. The number of hydroxylamine groups is 1. The number of amides is 1. The van der Waals surface area contributed by atoms with Crippen molar-refractivity contribution < 1.29 is 31.2 Å². The zero-order valence-corrected chi connectivity index (χ0v) is 20.4. The Kier molecular flexibility index (Phi) is 8.24. The van der Waals surface area contributed by atoms with Gasteiger partial charge in [0, 0.05) is 30.7 Å². The van der Waals surface area contributed by atoms with Crippen LogP contribution in [0.2, 0.25) is 0 Å². The summed E-state index contributed by atoms with van der Waals surface area (Å²) in [6.45, 7) is 9.94. The molecule has 1 aliphatic rings. The number of carbonyl (C=O) groups is 1. The number of nitrogens with one attached hydrogen (secondary N) is 2. The van der Waals surface area contributed by atoms with E-state index in [2.05, 4.69) is 31.6 Å². The predicted molar refractivity (Wildman–Crippen MR) is 118 cm³/mol. The van der Waals surface area contributed by atoms with Crippen molar-refractivity contribution in [2.75, 3.05) is 19.7 Å². The number of rotatable bonds is 8. The molecule has 0 bridgehead atoms. The molecule has 11 heteroatoms. The molecular formula is C22H32F3N3O4S. The van der Waals surface area contributed by atoms with Gasteiger partial charge in [0.2, 0.25) is 15.9 Å². The molecule has 0 aliphatic carbocycles. The summed E-state index contributed by atoms with van der Waals surface area (Å²) in [5.74, 6) is -0.290. The Labute approximate surface area is 193 Å². The summed E-state index contributed by atoms with van der Waals surface area (Å²) in [7, 11) is -4.08. The van der Waals surface area contributed by atoms with E-state index in [1.54, 1.807) is 6.08 Å². The highest BCUT2D eigenvalue weighted by Gasteiger charge is 2.33. The Hall–Kier alpha value is -2.11. The van der Waals surface area contributed by atoms with Crippen molar-refractivity contribution in [2.24, 2.45) is 5.41 Å². The van der Waals surface area contributed by atoms with Crippen LogP contribution in [0.4, 0.5) is 13.2 Å². The van der Waals surface area contributed by atoms with Crippen LogP contribution in [0.25, 0.3) is 0 Å². The third-order valence-corrected chi connectivity index (χ3v) is 6.69. The van der Waals surface area contributed by atoms with E-state index in [-0.39, 0.29) is 37.4 Å². The van der Waals surface area contributed by atoms with Gasteiger partial charge in [-0.25, -0.2) is 8.42 Å². The zero-order valence-electron chi connectivity index (χ0n) is 19.5. The summed E-state index contributed by atoms with van der Waals surface area (Å²) in [6, 6.07) is 3.68. The number of alkyl halides is 3. The van der Waals surface area contributed by atoms with Crippen molar-refractivity contribution in [3.63, 3.8) is 0 Å². The molecule has 33 heavy (non-hydrogen) atoms. The van der Waals surface area contributed by atoms with Crippen molar-refractivity contribution in [3.8, 4) is 0 Å². The van der Waals surface area contributed by atoms with Gasteiger partial charge >= 0.3 is 6.18 Å². The van der Waals surface area contributed by atoms with Gasteiger partial charge in [-0.3, -0.25) is 15.1 Å². The number of hydrogen-bond donors (Lipinski definition) is 2. The van der Waals surface area contributed by atoms with Crippen molar-refractivity contribution in [1.29, 1.82) is 0 Å². The maximum absolute atomic E-state index is 12.9. The predicted octanol–water partition coefficient (Wildman–Crippen LogP) is 3.84. The first-order valence-corrected chi connectivity index (χ1v) is 12.0. The van der Waals surface area contributed by atoms with Crippen molar-refractivity contribution in [3.05, 3.63) is 41.6 Å². The smallest absolute Gasteiger partial charge is 0.349 e. The van der Waals surface area contributed by atoms with Gasteiger partial charge < -0.3 is 5.32 Å². The van der Waals surface area contributed by atoms with Gasteiger partial charge in [-0.05, 0) is 50.0 Å². The second-order valence-corrected chi connectivity index (χ2v) is 11.9. The van der Waals surface area contributed by atoms with E-state index in [0.29, 0.717) is 11.8 Å². The number of nitrogens with zero attached hydrogens (tertiary/aromatic N) is 1. The molecule has 0 aromatic heterocycles. The second-order valence-electron chi connectivity index (χ2n) is 9.93. The number of benzene rings is 1. The first-order chi connectivity index (χ1) is 15.0. The van der Waals surface area contributed by atoms with E-state index in [1.165, 1.54) is 0 Å². The normalized spacial score (nSPS) is 16.3. The van der Waals surface area contributed by atoms with Crippen LogP contribution in [0.1, 0.15) is 53.0 Å². The number of halogens is 3. The van der Waals surface area contributed by atoms with Crippen molar-refractivity contribution >= 4 is 15.9 Å². The lowest BCUT2D eigenvalue weighted by atomic mass is 9.82. The van der Waals surface area contributed by atoms with Crippen LogP contribution in [0.3, 0.4) is 0 Å². The van der Waals surface area contributed by atoms with Crippen LogP contribution in [-0.2, 0) is 25.8 Å². The Bertz CT molecular complexity index is 983. The summed E-state index contributed by atoms with van der Waals surface area (Å²) < 4.78 is 65.3. The minimum Gasteiger partial charge on any atom is -0.349 e. The van der Waals surface area contributed by atoms with Crippen LogP contribution in [0, 0.1) is 5.41 Å². The molecule has 0 saturated carbocycles. The van der Waals surface area contributed by atoms with Gasteiger partial charge in [0.15, 0.2) is 6.61 Å². The summed E-state index contributed by atoms with van der Waals surface area (Å²) >= 11 is 0. The topological polar surface area (TPSA) is 87.7 Å². The fraction of sp³-hybridized carbons (Fsp3) is 0.591. The Balaban J connectivity index is 1.89. The fourth-order valence-corrected chi connectivity index (χ4v) is 5.35. The third-order valence-electron chi connectivity index (χ3n) is 4.83. The zero-order chi connectivity index (χ0) is 25.1. The molecular weight excluding hydrogens is 459 g/mol. The molecule has 0 saturated heterocycles. The van der Waals surface area contributed by atoms with Crippen molar-refractivity contribution in [2.45, 2.75) is 64.1 Å². The highest BCUT2D eigenvalue weighted by molar-refractivity contribution is 7.89. The van der Waals surface area contributed by atoms with Crippen LogP contribution >= 0.6 is 0 Å². The van der Waals surface area contributed by atoms with Gasteiger partial charge in [-0.1, -0.05) is 26.8 Å². The SMILES string of the molecule is CC(C)(C)CC(C)(C)NC(=O)CONC1=CCN(S(=O)(=O)c2cccc(C(F)(F)F)c2)CC1. The van der Waals surface area contributed by atoms with Crippen LogP contribution < -0.4 is 10.8 Å². The van der Waals surface area contributed by atoms with E-state index in [1.807, 2.05) is 13.8 Å². The molecule has 1 heterocycles. The molecule has 0 atom stereocenters. The van der Waals surface area contributed by atoms with Crippen LogP contribution in [0.15, 0.2) is 40.9 Å². The largest absolute Gasteiger partial charge is 0.416 e. The first-order valence-electron chi connectivity index (χ1n) is 10.5. The van der Waals surface area contributed by atoms with Gasteiger partial charge in [0.05, 0.1) is 10.5 Å². The van der Waals surface area contributed by atoms with Gasteiger partial charge in [0.1, 0.15) is 0 Å². The first kappa shape index (κ1) is 27.1. The van der Waals surface area contributed by atoms with Gasteiger partial charge in [-0.15, -0.1) is 0 Å². The fourth-order valence-electron chi connectivity index (χ4n) is 3.92. The molecule has 1 amide bonds. The maximum Gasteiger partial charge on any atom is 0.416 e. The van der Waals surface area contributed by atoms with Crippen LogP contribution in [0.5, 0.6) is 0 Å². The van der Waals surface area contributed by atoms with E-state index in [9.17, 15) is 26.4 Å². The van der Waals surface area contributed by atoms with Crippen molar-refractivity contribution in [1.82, 2.24) is 15.1 Å². The average Bonchev–Trinajstić information content (AvgIpc) is 2.65. The lowest BCUT2D eigenvalue weighted by Gasteiger charge is -2.33. The van der Waals surface area contributed by atoms with E-state index in [0.717, 1.165) is 28.9 Å². The molecule has 1 aromatic carbocycles. The highest BCUT2D eigenvalue weighted by Crippen LogP contribution is 2.31. The Morgan fingerprint density at radius 3 is 2.36 bits per heavy atom. The summed E-state index contributed by atoms with van der Waals surface area (Å²) in [6.07, 6.45) is -2.03. The molecule has 7 nitrogen and oxygen atoms in total. The summed E-state index contributed by atoms with van der Waals surface area (Å²) in [5.41, 5.74) is 1.87. The number of hydrogen-bond acceptors (Lipinski definition) is 5. The maximum atomic E-state index is 12.9. The lowest BCUT2D eigenvalue weighted by Crippen LogP contribution is -2.47. The lowest BCUT2D eigenvalue weighted by molar-refractivity contribution is -0.137. The molecule has 0 unspecified atom stereocenters. The van der Waals surface area contributed by atoms with Crippen LogP contribution in [-0.4, -0.2) is 43.9 Å². The quantitative estimate of drug-likeness (QED) is 0.540. The van der Waals surface area contributed by atoms with Gasteiger partial charge in [0.25, 0.3) is 0 Å². The highest BCUT2D eigenvalue weighted by atomic mass is 32.2. The molecule has 0 spiro atoms. The van der Waals surface area contributed by atoms with E-state index in [4.69, 9.17) is 4.84 Å². The molecule has 1 aliphatic heterocycles. The third kappa shape index (κ3) is 8.31. The Morgan fingerprint density at radius 1 is 1.15 bits per heavy atom. The molecule has 2 rings (SSSR count). The summed E-state index contributed by atoms with van der Waals surface area (Å²) in [4.78, 5) is 17.0. The monoisotopic (exact) mass is 491 g/mol. The van der Waals surface area contributed by atoms with E-state index >= 15 is 0 Å². The van der Waals surface area contributed by atoms with E-state index < -0.39 is 32.2 Å². The minimum atomic E-state index is -4.63. The summed E-state index contributed by atoms with van der Waals surface area (Å²) in [5, 5.41) is 2.92. The second kappa shape index (κ2) is 10.0. The average molecular weight is 492 g/mol. The molecule has 0 fully saturated rings. The minimum absolute atomic E-state index is 0.0327. The molecule has 0 radical (unpaired) electrons. The van der Waals surface area contributed by atoms with Gasteiger partial charge in [-0.2, -0.15) is 17.5 Å². The standard InChI is InChI=1S/C22H32F3N3O4S/c1-20(2,3)15-21(4,5)26-19(29)14-32-27-17-9-11-28(12-10-17)33(30,31)18-8-6-7-16(13-18)22(23,24)25/h6-9,13,27H,10-12,14-15H2,1-5H3,(H,26,29). The molecule has 1 aromatic rings. The Morgan fingerprint density at radius 2 is 1.82 bits per heavy atom. The number of sulfonamides is 1. The number of carbonyl (C=O) groups excluding carboxylic acids is 1.